The lowest BCUT2D eigenvalue weighted by Crippen LogP contribution is -2.42. The minimum absolute atomic E-state index is 0.0445. The first-order valence-corrected chi connectivity index (χ1v) is 11.4. The van der Waals surface area contributed by atoms with Gasteiger partial charge in [0.1, 0.15) is 6.04 Å². The van der Waals surface area contributed by atoms with Gasteiger partial charge >= 0.3 is 5.97 Å². The Balaban J connectivity index is 1.63. The van der Waals surface area contributed by atoms with E-state index in [1.165, 1.54) is 12.1 Å². The number of benzene rings is 2. The molecule has 1 unspecified atom stereocenters. The molecule has 8 nitrogen and oxygen atoms in total. The second-order valence-electron chi connectivity index (χ2n) is 7.60. The molecular formula is C22H26N2O6S. The predicted molar refractivity (Wildman–Crippen MR) is 113 cm³/mol. The second kappa shape index (κ2) is 9.59. The number of nitrogens with zero attached hydrogens (tertiary/aromatic N) is 1. The molecule has 9 heteroatoms. The van der Waals surface area contributed by atoms with Crippen molar-refractivity contribution in [1.29, 1.82) is 0 Å². The number of sulfonamides is 1. The number of ether oxygens (including phenoxy) is 1. The van der Waals surface area contributed by atoms with Gasteiger partial charge in [-0.15, -0.1) is 0 Å². The van der Waals surface area contributed by atoms with E-state index >= 15 is 0 Å². The van der Waals surface area contributed by atoms with Gasteiger partial charge in [-0.2, -0.15) is 4.31 Å². The van der Waals surface area contributed by atoms with Crippen LogP contribution in [0.25, 0.3) is 0 Å². The summed E-state index contributed by atoms with van der Waals surface area (Å²) in [6, 6.07) is 12.8. The molecule has 1 amide bonds. The number of hydrogen-bond donors (Lipinski definition) is 2. The van der Waals surface area contributed by atoms with Crippen LogP contribution in [0.1, 0.15) is 23.1 Å². The molecule has 0 bridgehead atoms. The fraction of sp³-hybridized carbons (Fsp3) is 0.364. The molecule has 0 aliphatic carbocycles. The van der Waals surface area contributed by atoms with Crippen molar-refractivity contribution in [3.05, 3.63) is 65.2 Å². The summed E-state index contributed by atoms with van der Waals surface area (Å²) < 4.78 is 32.2. The Morgan fingerprint density at radius 1 is 1.13 bits per heavy atom. The van der Waals surface area contributed by atoms with Gasteiger partial charge in [0.2, 0.25) is 10.0 Å². The molecule has 0 saturated carbocycles. The summed E-state index contributed by atoms with van der Waals surface area (Å²) in [5.41, 5.74) is 2.64. The second-order valence-corrected chi connectivity index (χ2v) is 9.49. The zero-order valence-corrected chi connectivity index (χ0v) is 18.3. The number of aliphatic hydroxyl groups excluding tert-OH is 1. The number of carbonyl (C=O) groups excluding carboxylic acids is 2. The van der Waals surface area contributed by atoms with Gasteiger partial charge in [-0.05, 0) is 42.7 Å². The molecule has 2 aromatic carbocycles. The predicted octanol–water partition coefficient (Wildman–Crippen LogP) is 1.29. The van der Waals surface area contributed by atoms with E-state index in [0.717, 1.165) is 21.0 Å². The first kappa shape index (κ1) is 22.9. The fourth-order valence-electron chi connectivity index (χ4n) is 3.35. The number of esters is 1. The number of amides is 1. The highest BCUT2D eigenvalue weighted by Gasteiger charge is 2.44. The molecule has 1 aliphatic heterocycles. The summed E-state index contributed by atoms with van der Waals surface area (Å²) >= 11 is 0. The normalized spacial score (nSPS) is 19.2. The summed E-state index contributed by atoms with van der Waals surface area (Å²) in [5.74, 6) is -1.36. The monoisotopic (exact) mass is 446 g/mol. The van der Waals surface area contributed by atoms with E-state index in [1.807, 2.05) is 37.3 Å². The van der Waals surface area contributed by atoms with Gasteiger partial charge in [0.15, 0.2) is 6.61 Å². The maximum absolute atomic E-state index is 13.1. The summed E-state index contributed by atoms with van der Waals surface area (Å²) in [7, 11) is -4.02. The Morgan fingerprint density at radius 2 is 1.84 bits per heavy atom. The van der Waals surface area contributed by atoms with Crippen LogP contribution in [0, 0.1) is 13.8 Å². The van der Waals surface area contributed by atoms with Crippen LogP contribution < -0.4 is 5.32 Å². The maximum Gasteiger partial charge on any atom is 0.325 e. The van der Waals surface area contributed by atoms with Gasteiger partial charge in [-0.3, -0.25) is 9.59 Å². The van der Waals surface area contributed by atoms with E-state index < -0.39 is 40.7 Å². The zero-order valence-electron chi connectivity index (χ0n) is 17.4. The Bertz CT molecular complexity index is 1050. The van der Waals surface area contributed by atoms with Crippen LogP contribution in [0.5, 0.6) is 0 Å². The van der Waals surface area contributed by atoms with Crippen LogP contribution >= 0.6 is 0 Å². The number of β-amino-alcohol motifs (C(OH)–C–C–N with tert-alkyl or cyclic N) is 1. The van der Waals surface area contributed by atoms with E-state index in [0.29, 0.717) is 0 Å². The van der Waals surface area contributed by atoms with Crippen LogP contribution in [0.2, 0.25) is 0 Å². The Hall–Kier alpha value is -2.75. The van der Waals surface area contributed by atoms with Crippen molar-refractivity contribution in [1.82, 2.24) is 9.62 Å². The average Bonchev–Trinajstić information content (AvgIpc) is 3.16. The standard InChI is InChI=1S/C22H26N2O6S/c1-15-8-9-19(10-16(15)2)31(28,29)24-13-18(25)11-20(24)22(27)30-14-21(26)23-12-17-6-4-3-5-7-17/h3-10,18,20,25H,11-14H2,1-2H3,(H,23,26)/t18?,20-/m0/s1. The Labute approximate surface area is 181 Å². The molecule has 1 aliphatic rings. The highest BCUT2D eigenvalue weighted by atomic mass is 32.2. The van der Waals surface area contributed by atoms with E-state index in [9.17, 15) is 23.1 Å². The molecule has 0 aromatic heterocycles. The van der Waals surface area contributed by atoms with Crippen molar-refractivity contribution in [3.63, 3.8) is 0 Å². The summed E-state index contributed by atoms with van der Waals surface area (Å²) in [5, 5.41) is 12.7. The first-order valence-electron chi connectivity index (χ1n) is 9.93. The molecule has 1 saturated heterocycles. The van der Waals surface area contributed by atoms with Crippen molar-refractivity contribution in [2.75, 3.05) is 13.2 Å². The molecule has 166 valence electrons. The molecule has 2 atom stereocenters. The largest absolute Gasteiger partial charge is 0.454 e. The quantitative estimate of drug-likeness (QED) is 0.620. The Morgan fingerprint density at radius 3 is 2.52 bits per heavy atom. The van der Waals surface area contributed by atoms with E-state index in [4.69, 9.17) is 4.74 Å². The smallest absolute Gasteiger partial charge is 0.325 e. The number of rotatable bonds is 7. The minimum atomic E-state index is -4.02. The van der Waals surface area contributed by atoms with Crippen LogP contribution in [-0.4, -0.2) is 55.0 Å². The molecular weight excluding hydrogens is 420 g/mol. The molecule has 0 spiro atoms. The van der Waals surface area contributed by atoms with Crippen LogP contribution in [0.4, 0.5) is 0 Å². The topological polar surface area (TPSA) is 113 Å². The summed E-state index contributed by atoms with van der Waals surface area (Å²) in [6.07, 6.45) is -1.08. The summed E-state index contributed by atoms with van der Waals surface area (Å²) in [6.45, 7) is 3.21. The first-order chi connectivity index (χ1) is 14.7. The van der Waals surface area contributed by atoms with Gasteiger partial charge in [-0.1, -0.05) is 36.4 Å². The number of carbonyl (C=O) groups is 2. The molecule has 31 heavy (non-hydrogen) atoms. The van der Waals surface area contributed by atoms with Gasteiger partial charge < -0.3 is 15.2 Å². The SMILES string of the molecule is Cc1ccc(S(=O)(=O)N2CC(O)C[C@H]2C(=O)OCC(=O)NCc2ccccc2)cc1C. The van der Waals surface area contributed by atoms with Crippen LogP contribution in [-0.2, 0) is 30.9 Å². The van der Waals surface area contributed by atoms with Gasteiger partial charge in [0.25, 0.3) is 5.91 Å². The van der Waals surface area contributed by atoms with Crippen LogP contribution in [0.15, 0.2) is 53.4 Å². The van der Waals surface area contributed by atoms with Crippen molar-refractivity contribution >= 4 is 21.9 Å². The molecule has 1 heterocycles. The van der Waals surface area contributed by atoms with Gasteiger partial charge in [0.05, 0.1) is 11.0 Å². The third-order valence-electron chi connectivity index (χ3n) is 5.27. The number of aryl methyl sites for hydroxylation is 2. The molecule has 2 aromatic rings. The Kier molecular flexibility index (Phi) is 7.09. The highest BCUT2D eigenvalue weighted by molar-refractivity contribution is 7.89. The van der Waals surface area contributed by atoms with Gasteiger partial charge in [0, 0.05) is 19.5 Å². The highest BCUT2D eigenvalue weighted by Crippen LogP contribution is 2.28. The lowest BCUT2D eigenvalue weighted by atomic mass is 10.1. The van der Waals surface area contributed by atoms with Crippen molar-refractivity contribution in [3.8, 4) is 0 Å². The molecule has 0 radical (unpaired) electrons. The van der Waals surface area contributed by atoms with E-state index in [-0.39, 0.29) is 24.4 Å². The lowest BCUT2D eigenvalue weighted by Gasteiger charge is -2.22. The number of aliphatic hydroxyl groups is 1. The minimum Gasteiger partial charge on any atom is -0.454 e. The molecule has 3 rings (SSSR count). The summed E-state index contributed by atoms with van der Waals surface area (Å²) in [4.78, 5) is 24.6. The third-order valence-corrected chi connectivity index (χ3v) is 7.14. The number of hydrogen-bond acceptors (Lipinski definition) is 6. The third kappa shape index (κ3) is 5.49. The van der Waals surface area contributed by atoms with Crippen LogP contribution in [0.3, 0.4) is 0 Å². The number of nitrogens with one attached hydrogen (secondary N) is 1. The zero-order chi connectivity index (χ0) is 22.6. The van der Waals surface area contributed by atoms with Gasteiger partial charge in [-0.25, -0.2) is 8.42 Å². The van der Waals surface area contributed by atoms with Crippen molar-refractivity contribution in [2.45, 2.75) is 43.9 Å². The molecule has 2 N–H and O–H groups in total. The average molecular weight is 447 g/mol. The molecule has 1 fully saturated rings. The van der Waals surface area contributed by atoms with E-state index in [2.05, 4.69) is 5.32 Å². The van der Waals surface area contributed by atoms with E-state index in [1.54, 1.807) is 13.0 Å². The fourth-order valence-corrected chi connectivity index (χ4v) is 5.07. The maximum atomic E-state index is 13.1. The van der Waals surface area contributed by atoms with Crippen molar-refractivity contribution < 1.29 is 27.9 Å². The lowest BCUT2D eigenvalue weighted by molar-refractivity contribution is -0.151. The van der Waals surface area contributed by atoms with Crippen molar-refractivity contribution in [2.24, 2.45) is 0 Å².